The molecule has 0 radical (unpaired) electrons. The van der Waals surface area contributed by atoms with Crippen LogP contribution in [0.3, 0.4) is 0 Å². The summed E-state index contributed by atoms with van der Waals surface area (Å²) in [6, 6.07) is 12.6. The number of para-hydroxylation sites is 1. The molecule has 0 atom stereocenters. The molecule has 0 aliphatic heterocycles. The molecule has 7 heteroatoms. The van der Waals surface area contributed by atoms with Crippen molar-refractivity contribution in [3.05, 3.63) is 65.5 Å². The third-order valence-corrected chi connectivity index (χ3v) is 4.16. The molecule has 0 heterocycles. The van der Waals surface area contributed by atoms with Crippen molar-refractivity contribution in [1.29, 1.82) is 0 Å². The first-order valence-corrected chi connectivity index (χ1v) is 9.45. The van der Waals surface area contributed by atoms with Crippen LogP contribution in [0.4, 0.5) is 14.9 Å². The molecule has 2 amide bonds. The quantitative estimate of drug-likeness (QED) is 0.841. The molecule has 0 saturated carbocycles. The fourth-order valence-electron chi connectivity index (χ4n) is 2.23. The molecule has 24 heavy (non-hydrogen) atoms. The number of anilines is 1. The van der Waals surface area contributed by atoms with Gasteiger partial charge in [-0.1, -0.05) is 36.4 Å². The van der Waals surface area contributed by atoms with Crippen LogP contribution < -0.4 is 10.6 Å². The summed E-state index contributed by atoms with van der Waals surface area (Å²) in [6.07, 6.45) is 1.50. The van der Waals surface area contributed by atoms with Gasteiger partial charge in [-0.15, -0.1) is 0 Å². The number of halogens is 1. The van der Waals surface area contributed by atoms with E-state index < -0.39 is 15.9 Å². The number of amides is 2. The zero-order valence-electron chi connectivity index (χ0n) is 13.3. The Morgan fingerprint density at radius 3 is 2.33 bits per heavy atom. The molecule has 0 aliphatic carbocycles. The third kappa shape index (κ3) is 5.66. The molecule has 2 aromatic carbocycles. The maximum atomic E-state index is 13.5. The summed E-state index contributed by atoms with van der Waals surface area (Å²) in [5.41, 5.74) is 1.48. The predicted octanol–water partition coefficient (Wildman–Crippen LogP) is 2.73. The summed E-state index contributed by atoms with van der Waals surface area (Å²) < 4.78 is 36.4. The average molecular weight is 350 g/mol. The van der Waals surface area contributed by atoms with Gasteiger partial charge >= 0.3 is 6.03 Å². The van der Waals surface area contributed by atoms with Gasteiger partial charge in [-0.05, 0) is 29.7 Å². The Morgan fingerprint density at radius 2 is 1.67 bits per heavy atom. The number of hydrogen-bond acceptors (Lipinski definition) is 3. The number of nitrogens with one attached hydrogen (secondary N) is 2. The number of sulfone groups is 1. The largest absolute Gasteiger partial charge is 0.338 e. The Hall–Kier alpha value is -2.41. The summed E-state index contributed by atoms with van der Waals surface area (Å²) in [6.45, 7) is 0.265. The number of carbonyl (C=O) groups is 1. The summed E-state index contributed by atoms with van der Waals surface area (Å²) in [7, 11) is -3.21. The van der Waals surface area contributed by atoms with Crippen molar-refractivity contribution in [1.82, 2.24) is 5.32 Å². The molecule has 5 nitrogen and oxygen atoms in total. The van der Waals surface area contributed by atoms with E-state index in [9.17, 15) is 17.6 Å². The molecule has 0 aromatic heterocycles. The minimum atomic E-state index is -3.21. The number of urea groups is 1. The molecule has 2 aromatic rings. The van der Waals surface area contributed by atoms with E-state index in [1.165, 1.54) is 6.07 Å². The van der Waals surface area contributed by atoms with Gasteiger partial charge in [0.05, 0.1) is 5.75 Å². The third-order valence-electron chi connectivity index (χ3n) is 3.32. The predicted molar refractivity (Wildman–Crippen MR) is 92.1 cm³/mol. The van der Waals surface area contributed by atoms with Crippen LogP contribution in [0.15, 0.2) is 48.5 Å². The Bertz CT molecular complexity index is 822. The van der Waals surface area contributed by atoms with E-state index in [0.29, 0.717) is 23.2 Å². The standard InChI is InChI=1S/C17H19FN2O3S/c1-24(22,23)12-14-7-3-5-9-16(14)20-17(21)19-11-10-13-6-2-4-8-15(13)18/h2-9H,10-12H2,1H3,(H2,19,20,21). The lowest BCUT2D eigenvalue weighted by atomic mass is 10.1. The first-order valence-electron chi connectivity index (χ1n) is 7.39. The Morgan fingerprint density at radius 1 is 1.04 bits per heavy atom. The minimum Gasteiger partial charge on any atom is -0.338 e. The maximum Gasteiger partial charge on any atom is 0.319 e. The Kier molecular flexibility index (Phi) is 5.92. The smallest absolute Gasteiger partial charge is 0.319 e. The van der Waals surface area contributed by atoms with Crippen LogP contribution in [-0.4, -0.2) is 27.2 Å². The van der Waals surface area contributed by atoms with Gasteiger partial charge < -0.3 is 10.6 Å². The SMILES string of the molecule is CS(=O)(=O)Cc1ccccc1NC(=O)NCCc1ccccc1F. The lowest BCUT2D eigenvalue weighted by molar-refractivity contribution is 0.252. The lowest BCUT2D eigenvalue weighted by Gasteiger charge is -2.11. The van der Waals surface area contributed by atoms with E-state index in [1.807, 2.05) is 0 Å². The van der Waals surface area contributed by atoms with E-state index in [-0.39, 0.29) is 18.1 Å². The van der Waals surface area contributed by atoms with Crippen molar-refractivity contribution in [3.63, 3.8) is 0 Å². The summed E-state index contributed by atoms with van der Waals surface area (Å²) in [5.74, 6) is -0.461. The van der Waals surface area contributed by atoms with Gasteiger partial charge in [-0.25, -0.2) is 17.6 Å². The topological polar surface area (TPSA) is 75.3 Å². The highest BCUT2D eigenvalue weighted by Crippen LogP contribution is 2.17. The van der Waals surface area contributed by atoms with E-state index >= 15 is 0 Å². The summed E-state index contributed by atoms with van der Waals surface area (Å²) >= 11 is 0. The molecule has 0 bridgehead atoms. The molecular weight excluding hydrogens is 331 g/mol. The molecular formula is C17H19FN2O3S. The van der Waals surface area contributed by atoms with Crippen molar-refractivity contribution in [2.75, 3.05) is 18.1 Å². The minimum absolute atomic E-state index is 0.154. The van der Waals surface area contributed by atoms with Gasteiger partial charge in [-0.3, -0.25) is 0 Å². The first kappa shape index (κ1) is 17.9. The summed E-state index contributed by atoms with van der Waals surface area (Å²) in [4.78, 5) is 11.9. The zero-order valence-corrected chi connectivity index (χ0v) is 14.1. The van der Waals surface area contributed by atoms with E-state index in [0.717, 1.165) is 6.26 Å². The van der Waals surface area contributed by atoms with Crippen molar-refractivity contribution >= 4 is 21.6 Å². The van der Waals surface area contributed by atoms with Crippen molar-refractivity contribution in [2.45, 2.75) is 12.2 Å². The highest BCUT2D eigenvalue weighted by molar-refractivity contribution is 7.89. The van der Waals surface area contributed by atoms with Crippen LogP contribution in [0.5, 0.6) is 0 Å². The van der Waals surface area contributed by atoms with Gasteiger partial charge in [0.15, 0.2) is 9.84 Å². The molecule has 0 unspecified atom stereocenters. The molecule has 0 saturated heterocycles. The van der Waals surface area contributed by atoms with Crippen molar-refractivity contribution in [2.24, 2.45) is 0 Å². The second kappa shape index (κ2) is 7.92. The lowest BCUT2D eigenvalue weighted by Crippen LogP contribution is -2.31. The van der Waals surface area contributed by atoms with Crippen LogP contribution in [-0.2, 0) is 22.0 Å². The fourth-order valence-corrected chi connectivity index (χ4v) is 3.05. The number of carbonyl (C=O) groups excluding carboxylic acids is 1. The van der Waals surface area contributed by atoms with E-state index in [2.05, 4.69) is 10.6 Å². The first-order chi connectivity index (χ1) is 11.3. The highest BCUT2D eigenvalue weighted by atomic mass is 32.2. The highest BCUT2D eigenvalue weighted by Gasteiger charge is 2.11. The van der Waals surface area contributed by atoms with Crippen LogP contribution in [0.2, 0.25) is 0 Å². The van der Waals surface area contributed by atoms with Crippen molar-refractivity contribution < 1.29 is 17.6 Å². The second-order valence-corrected chi connectivity index (χ2v) is 7.59. The Labute approximate surface area is 140 Å². The fraction of sp³-hybridized carbons (Fsp3) is 0.235. The van der Waals surface area contributed by atoms with Gasteiger partial charge in [0.25, 0.3) is 0 Å². The number of hydrogen-bond donors (Lipinski definition) is 2. The maximum absolute atomic E-state index is 13.5. The molecule has 0 aliphatic rings. The molecule has 0 spiro atoms. The molecule has 128 valence electrons. The van der Waals surface area contributed by atoms with Gasteiger partial charge in [0, 0.05) is 18.5 Å². The monoisotopic (exact) mass is 350 g/mol. The number of benzene rings is 2. The average Bonchev–Trinajstić information content (AvgIpc) is 2.50. The number of rotatable bonds is 6. The van der Waals surface area contributed by atoms with E-state index in [4.69, 9.17) is 0 Å². The normalized spacial score (nSPS) is 11.1. The van der Waals surface area contributed by atoms with Gasteiger partial charge in [-0.2, -0.15) is 0 Å². The van der Waals surface area contributed by atoms with Crippen LogP contribution in [0, 0.1) is 5.82 Å². The summed E-state index contributed by atoms with van der Waals surface area (Å²) in [5, 5.41) is 5.26. The molecule has 0 fully saturated rings. The van der Waals surface area contributed by atoms with Crippen LogP contribution in [0.1, 0.15) is 11.1 Å². The van der Waals surface area contributed by atoms with Gasteiger partial charge in [0.1, 0.15) is 5.82 Å². The van der Waals surface area contributed by atoms with Crippen LogP contribution in [0.25, 0.3) is 0 Å². The van der Waals surface area contributed by atoms with Crippen LogP contribution >= 0.6 is 0 Å². The Balaban J connectivity index is 1.92. The van der Waals surface area contributed by atoms with Crippen molar-refractivity contribution in [3.8, 4) is 0 Å². The second-order valence-electron chi connectivity index (χ2n) is 5.45. The van der Waals surface area contributed by atoms with E-state index in [1.54, 1.807) is 42.5 Å². The van der Waals surface area contributed by atoms with Gasteiger partial charge in [0.2, 0.25) is 0 Å². The molecule has 2 rings (SSSR count). The molecule has 2 N–H and O–H groups in total. The zero-order chi connectivity index (χ0) is 17.6.